The summed E-state index contributed by atoms with van der Waals surface area (Å²) < 4.78 is 7.43. The Labute approximate surface area is 198 Å². The molecule has 172 valence electrons. The van der Waals surface area contributed by atoms with Crippen LogP contribution in [-0.4, -0.2) is 42.1 Å². The lowest BCUT2D eigenvalue weighted by molar-refractivity contribution is -0.119. The number of anilines is 2. The van der Waals surface area contributed by atoms with Crippen molar-refractivity contribution >= 4 is 34.2 Å². The first-order chi connectivity index (χ1) is 16.6. The molecule has 5 rings (SSSR count). The van der Waals surface area contributed by atoms with Crippen molar-refractivity contribution in [3.63, 3.8) is 0 Å². The van der Waals surface area contributed by atoms with E-state index in [2.05, 4.69) is 0 Å². The van der Waals surface area contributed by atoms with E-state index < -0.39 is 0 Å². The Morgan fingerprint density at radius 2 is 1.74 bits per heavy atom. The molecule has 3 aromatic carbocycles. The molecule has 7 nitrogen and oxygen atoms in total. The third-order valence-corrected chi connectivity index (χ3v) is 6.36. The Morgan fingerprint density at radius 1 is 1.03 bits per heavy atom. The summed E-state index contributed by atoms with van der Waals surface area (Å²) >= 11 is 0. The molecular weight excluding hydrogens is 428 g/mol. The van der Waals surface area contributed by atoms with Crippen LogP contribution in [0.5, 0.6) is 5.75 Å². The number of methoxy groups -OCH3 is 1. The second-order valence-electron chi connectivity index (χ2n) is 8.41. The highest BCUT2D eigenvalue weighted by molar-refractivity contribution is 5.98. The standard InChI is InChI=1S/C27H26N4O3/c1-29(20-10-4-3-5-11-20)26(33)18-31-22-13-7-6-12-21(22)28-27(31)19-16-25(32)30(17-19)23-14-8-9-15-24(23)34-2/h3-15,19H,16-18H2,1-2H3/t19-/m1/s1. The Kier molecular flexibility index (Phi) is 5.76. The molecule has 2 heterocycles. The largest absolute Gasteiger partial charge is 0.495 e. The third-order valence-electron chi connectivity index (χ3n) is 6.36. The van der Waals surface area contributed by atoms with Crippen LogP contribution in [0.25, 0.3) is 11.0 Å². The molecule has 1 aliphatic rings. The highest BCUT2D eigenvalue weighted by Crippen LogP contribution is 2.37. The monoisotopic (exact) mass is 454 g/mol. The number of hydrogen-bond donors (Lipinski definition) is 0. The molecule has 0 radical (unpaired) electrons. The quantitative estimate of drug-likeness (QED) is 0.437. The zero-order chi connectivity index (χ0) is 23.7. The number of ether oxygens (including phenoxy) is 1. The average molecular weight is 455 g/mol. The van der Waals surface area contributed by atoms with Crippen LogP contribution in [0.15, 0.2) is 78.9 Å². The van der Waals surface area contributed by atoms with Crippen molar-refractivity contribution in [2.75, 3.05) is 30.5 Å². The maximum Gasteiger partial charge on any atom is 0.246 e. The first kappa shape index (κ1) is 21.7. The van der Waals surface area contributed by atoms with Gasteiger partial charge in [-0.25, -0.2) is 4.98 Å². The summed E-state index contributed by atoms with van der Waals surface area (Å²) in [6, 6.07) is 24.9. The normalized spacial score (nSPS) is 15.6. The first-order valence-corrected chi connectivity index (χ1v) is 11.3. The Morgan fingerprint density at radius 3 is 2.53 bits per heavy atom. The molecule has 1 atom stereocenters. The minimum Gasteiger partial charge on any atom is -0.495 e. The summed E-state index contributed by atoms with van der Waals surface area (Å²) in [6.07, 6.45) is 0.323. The summed E-state index contributed by atoms with van der Waals surface area (Å²) in [5, 5.41) is 0. The van der Waals surface area contributed by atoms with Gasteiger partial charge in [0.2, 0.25) is 11.8 Å². The van der Waals surface area contributed by atoms with Crippen LogP contribution in [0.1, 0.15) is 18.2 Å². The van der Waals surface area contributed by atoms with E-state index >= 15 is 0 Å². The second-order valence-corrected chi connectivity index (χ2v) is 8.41. The second kappa shape index (κ2) is 9.02. The fraction of sp³-hybridized carbons (Fsp3) is 0.222. The summed E-state index contributed by atoms with van der Waals surface area (Å²) in [5.74, 6) is 1.23. The molecule has 0 N–H and O–H groups in total. The number of fused-ring (bicyclic) bond motifs is 1. The number of aromatic nitrogens is 2. The fourth-order valence-electron chi connectivity index (χ4n) is 4.58. The van der Waals surface area contributed by atoms with Crippen LogP contribution in [-0.2, 0) is 16.1 Å². The zero-order valence-electron chi connectivity index (χ0n) is 19.2. The predicted molar refractivity (Wildman–Crippen MR) is 132 cm³/mol. The van der Waals surface area contributed by atoms with Crippen molar-refractivity contribution in [1.29, 1.82) is 0 Å². The number of nitrogens with zero attached hydrogens (tertiary/aromatic N) is 4. The minimum absolute atomic E-state index is 0.0147. The van der Waals surface area contributed by atoms with E-state index in [1.807, 2.05) is 83.4 Å². The van der Waals surface area contributed by atoms with E-state index in [1.165, 1.54) is 0 Å². The van der Waals surface area contributed by atoms with Gasteiger partial charge in [-0.1, -0.05) is 42.5 Å². The van der Waals surface area contributed by atoms with Crippen LogP contribution in [0.4, 0.5) is 11.4 Å². The molecule has 2 amide bonds. The molecule has 0 aliphatic carbocycles. The number of carbonyl (C=O) groups excluding carboxylic acids is 2. The van der Waals surface area contributed by atoms with Crippen molar-refractivity contribution < 1.29 is 14.3 Å². The topological polar surface area (TPSA) is 67.7 Å². The van der Waals surface area contributed by atoms with Crippen molar-refractivity contribution in [3.05, 3.63) is 84.7 Å². The van der Waals surface area contributed by atoms with Crippen LogP contribution < -0.4 is 14.5 Å². The zero-order valence-corrected chi connectivity index (χ0v) is 19.2. The van der Waals surface area contributed by atoms with Crippen LogP contribution in [0, 0.1) is 0 Å². The molecule has 1 aromatic heterocycles. The number of hydrogen-bond acceptors (Lipinski definition) is 4. The number of para-hydroxylation sites is 5. The highest BCUT2D eigenvalue weighted by Gasteiger charge is 2.36. The predicted octanol–water partition coefficient (Wildman–Crippen LogP) is 4.23. The third kappa shape index (κ3) is 3.90. The van der Waals surface area contributed by atoms with Gasteiger partial charge in [0.1, 0.15) is 18.1 Å². The van der Waals surface area contributed by atoms with E-state index in [0.29, 0.717) is 18.7 Å². The summed E-state index contributed by atoms with van der Waals surface area (Å²) in [7, 11) is 3.38. The van der Waals surface area contributed by atoms with Gasteiger partial charge in [0.15, 0.2) is 0 Å². The van der Waals surface area contributed by atoms with Crippen molar-refractivity contribution in [2.24, 2.45) is 0 Å². The molecule has 0 spiro atoms. The van der Waals surface area contributed by atoms with Crippen LogP contribution >= 0.6 is 0 Å². The van der Waals surface area contributed by atoms with Gasteiger partial charge in [0.25, 0.3) is 0 Å². The van der Waals surface area contributed by atoms with Gasteiger partial charge in [-0.15, -0.1) is 0 Å². The van der Waals surface area contributed by atoms with Crippen molar-refractivity contribution in [1.82, 2.24) is 9.55 Å². The maximum atomic E-state index is 13.2. The van der Waals surface area contributed by atoms with E-state index in [1.54, 1.807) is 24.0 Å². The summed E-state index contributed by atoms with van der Waals surface area (Å²) in [5.41, 5.74) is 3.28. The Hall–Kier alpha value is -4.13. The molecule has 4 aromatic rings. The number of likely N-dealkylation sites (N-methyl/N-ethyl adjacent to an activating group) is 1. The molecule has 0 bridgehead atoms. The highest BCUT2D eigenvalue weighted by atomic mass is 16.5. The molecule has 34 heavy (non-hydrogen) atoms. The van der Waals surface area contributed by atoms with E-state index in [9.17, 15) is 9.59 Å². The average Bonchev–Trinajstić information content (AvgIpc) is 3.44. The number of amides is 2. The number of carbonyl (C=O) groups is 2. The molecular formula is C27H26N4O3. The van der Waals surface area contributed by atoms with Gasteiger partial charge in [0.05, 0.1) is 23.8 Å². The lowest BCUT2D eigenvalue weighted by atomic mass is 10.1. The molecule has 1 saturated heterocycles. The van der Waals surface area contributed by atoms with Gasteiger partial charge >= 0.3 is 0 Å². The first-order valence-electron chi connectivity index (χ1n) is 11.3. The number of benzene rings is 3. The van der Waals surface area contributed by atoms with Gasteiger partial charge in [-0.3, -0.25) is 9.59 Å². The minimum atomic E-state index is -0.139. The van der Waals surface area contributed by atoms with Gasteiger partial charge in [-0.05, 0) is 36.4 Å². The van der Waals surface area contributed by atoms with E-state index in [4.69, 9.17) is 9.72 Å². The van der Waals surface area contributed by atoms with Gasteiger partial charge in [-0.2, -0.15) is 0 Å². The van der Waals surface area contributed by atoms with Crippen LogP contribution in [0.3, 0.4) is 0 Å². The fourth-order valence-corrected chi connectivity index (χ4v) is 4.58. The molecule has 0 unspecified atom stereocenters. The van der Waals surface area contributed by atoms with Crippen molar-refractivity contribution in [2.45, 2.75) is 18.9 Å². The van der Waals surface area contributed by atoms with Gasteiger partial charge < -0.3 is 19.1 Å². The molecule has 1 aliphatic heterocycles. The lowest BCUT2D eigenvalue weighted by Crippen LogP contribution is -2.31. The smallest absolute Gasteiger partial charge is 0.246 e. The summed E-state index contributed by atoms with van der Waals surface area (Å²) in [4.78, 5) is 34.5. The lowest BCUT2D eigenvalue weighted by Gasteiger charge is -2.21. The number of rotatable bonds is 6. The summed E-state index contributed by atoms with van der Waals surface area (Å²) in [6.45, 7) is 0.617. The van der Waals surface area contributed by atoms with E-state index in [-0.39, 0.29) is 24.3 Å². The van der Waals surface area contributed by atoms with E-state index in [0.717, 1.165) is 28.2 Å². The maximum absolute atomic E-state index is 13.2. The van der Waals surface area contributed by atoms with Crippen molar-refractivity contribution in [3.8, 4) is 5.75 Å². The Bertz CT molecular complexity index is 1350. The SMILES string of the molecule is COc1ccccc1N1C[C@H](c2nc3ccccc3n2CC(=O)N(C)c2ccccc2)CC1=O. The van der Waals surface area contributed by atoms with Crippen LogP contribution in [0.2, 0.25) is 0 Å². The molecule has 7 heteroatoms. The van der Waals surface area contributed by atoms with Gasteiger partial charge in [0, 0.05) is 31.6 Å². The molecule has 0 saturated carbocycles. The Balaban J connectivity index is 1.48. The number of imidazole rings is 1. The molecule has 1 fully saturated rings.